The van der Waals surface area contributed by atoms with Crippen LogP contribution in [0.15, 0.2) is 49.1 Å². The van der Waals surface area contributed by atoms with E-state index < -0.39 is 0 Å². The topological polar surface area (TPSA) is 59.0 Å². The summed E-state index contributed by atoms with van der Waals surface area (Å²) in [5, 5.41) is 4.32. The molecule has 114 valence electrons. The first kappa shape index (κ1) is 14.3. The van der Waals surface area contributed by atoms with Gasteiger partial charge in [-0.05, 0) is 36.9 Å². The molecule has 22 heavy (non-hydrogen) atoms. The van der Waals surface area contributed by atoms with Crippen LogP contribution in [0.2, 0.25) is 0 Å². The first-order valence-electron chi connectivity index (χ1n) is 7.10. The number of nitrogens with zero attached hydrogens (tertiary/aromatic N) is 4. The van der Waals surface area contributed by atoms with Crippen LogP contribution in [0.3, 0.4) is 0 Å². The molecular formula is C16H19N5O. The lowest BCUT2D eigenvalue weighted by atomic mass is 10.1. The molecule has 0 atom stereocenters. The van der Waals surface area contributed by atoms with Gasteiger partial charge < -0.3 is 9.72 Å². The maximum atomic E-state index is 5.35. The number of ether oxygens (including phenoxy) is 1. The van der Waals surface area contributed by atoms with Crippen molar-refractivity contribution < 1.29 is 4.74 Å². The second kappa shape index (κ2) is 6.44. The second-order valence-corrected chi connectivity index (χ2v) is 5.15. The van der Waals surface area contributed by atoms with Gasteiger partial charge in [0.15, 0.2) is 0 Å². The Labute approximate surface area is 129 Å². The van der Waals surface area contributed by atoms with Gasteiger partial charge in [-0.1, -0.05) is 0 Å². The van der Waals surface area contributed by atoms with Gasteiger partial charge in [0.25, 0.3) is 0 Å². The zero-order valence-electron chi connectivity index (χ0n) is 12.7. The summed E-state index contributed by atoms with van der Waals surface area (Å²) >= 11 is 0. The summed E-state index contributed by atoms with van der Waals surface area (Å²) < 4.78 is 7.22. The van der Waals surface area contributed by atoms with Gasteiger partial charge in [-0.25, -0.2) is 9.67 Å². The van der Waals surface area contributed by atoms with E-state index in [0.717, 1.165) is 35.9 Å². The lowest BCUT2D eigenvalue weighted by Gasteiger charge is -2.18. The zero-order valence-corrected chi connectivity index (χ0v) is 12.7. The summed E-state index contributed by atoms with van der Waals surface area (Å²) in [5.74, 6) is 1.79. The minimum Gasteiger partial charge on any atom is -0.497 e. The van der Waals surface area contributed by atoms with Crippen molar-refractivity contribution in [3.8, 4) is 11.4 Å². The average Bonchev–Trinajstić information content (AvgIpc) is 3.20. The molecular weight excluding hydrogens is 278 g/mol. The van der Waals surface area contributed by atoms with Gasteiger partial charge in [0.05, 0.1) is 19.3 Å². The number of benzene rings is 1. The Kier molecular flexibility index (Phi) is 4.20. The smallest absolute Gasteiger partial charge is 0.120 e. The predicted octanol–water partition coefficient (Wildman–Crippen LogP) is 2.24. The number of methoxy groups -OCH3 is 1. The second-order valence-electron chi connectivity index (χ2n) is 5.15. The van der Waals surface area contributed by atoms with Gasteiger partial charge in [-0.3, -0.25) is 4.90 Å². The highest BCUT2D eigenvalue weighted by Crippen LogP contribution is 2.22. The molecule has 0 saturated heterocycles. The number of H-pyrrole nitrogens is 1. The lowest BCUT2D eigenvalue weighted by Crippen LogP contribution is -2.19. The summed E-state index contributed by atoms with van der Waals surface area (Å²) in [4.78, 5) is 9.58. The molecule has 0 saturated carbocycles. The molecule has 1 aromatic carbocycles. The Morgan fingerprint density at radius 2 is 2.18 bits per heavy atom. The van der Waals surface area contributed by atoms with Crippen molar-refractivity contribution in [2.24, 2.45) is 0 Å². The molecule has 0 radical (unpaired) electrons. The number of hydrogen-bond donors (Lipinski definition) is 1. The van der Waals surface area contributed by atoms with Crippen molar-refractivity contribution >= 4 is 0 Å². The molecule has 2 aromatic heterocycles. The van der Waals surface area contributed by atoms with Crippen LogP contribution in [0.1, 0.15) is 11.4 Å². The minimum atomic E-state index is 0.753. The SMILES string of the molecule is COc1ccc(-n2cccn2)c(CN(C)Cc2ncc[nH]2)c1. The minimum absolute atomic E-state index is 0.753. The van der Waals surface area contributed by atoms with E-state index >= 15 is 0 Å². The van der Waals surface area contributed by atoms with Gasteiger partial charge in [0.2, 0.25) is 0 Å². The Morgan fingerprint density at radius 3 is 2.86 bits per heavy atom. The van der Waals surface area contributed by atoms with Crippen LogP contribution in [0.25, 0.3) is 5.69 Å². The molecule has 6 nitrogen and oxygen atoms in total. The van der Waals surface area contributed by atoms with E-state index in [4.69, 9.17) is 4.74 Å². The molecule has 0 bridgehead atoms. The third-order valence-corrected chi connectivity index (χ3v) is 3.45. The normalized spacial score (nSPS) is 11.0. The number of aromatic amines is 1. The number of imidazole rings is 1. The molecule has 0 spiro atoms. The highest BCUT2D eigenvalue weighted by molar-refractivity contribution is 5.45. The van der Waals surface area contributed by atoms with E-state index in [1.807, 2.05) is 35.3 Å². The van der Waals surface area contributed by atoms with E-state index in [1.54, 1.807) is 19.5 Å². The van der Waals surface area contributed by atoms with E-state index in [0.29, 0.717) is 0 Å². The molecule has 3 rings (SSSR count). The molecule has 0 aliphatic rings. The molecule has 3 aromatic rings. The van der Waals surface area contributed by atoms with Gasteiger partial charge in [0.1, 0.15) is 11.6 Å². The Balaban J connectivity index is 1.84. The number of aromatic nitrogens is 4. The largest absolute Gasteiger partial charge is 0.497 e. The van der Waals surface area contributed by atoms with Crippen LogP contribution in [0.5, 0.6) is 5.75 Å². The first-order chi connectivity index (χ1) is 10.8. The van der Waals surface area contributed by atoms with E-state index in [9.17, 15) is 0 Å². The molecule has 2 heterocycles. The molecule has 0 aliphatic carbocycles. The summed E-state index contributed by atoms with van der Waals surface area (Å²) in [6.45, 7) is 1.52. The van der Waals surface area contributed by atoms with Crippen LogP contribution in [-0.4, -0.2) is 38.8 Å². The lowest BCUT2D eigenvalue weighted by molar-refractivity contribution is 0.310. The van der Waals surface area contributed by atoms with Crippen LogP contribution >= 0.6 is 0 Å². The van der Waals surface area contributed by atoms with Crippen LogP contribution < -0.4 is 4.74 Å². The highest BCUT2D eigenvalue weighted by Gasteiger charge is 2.10. The summed E-state index contributed by atoms with van der Waals surface area (Å²) in [6.07, 6.45) is 7.33. The van der Waals surface area contributed by atoms with Crippen molar-refractivity contribution in [1.29, 1.82) is 0 Å². The van der Waals surface area contributed by atoms with Crippen molar-refractivity contribution in [3.05, 3.63) is 60.4 Å². The Morgan fingerprint density at radius 1 is 1.27 bits per heavy atom. The molecule has 0 fully saturated rings. The number of rotatable bonds is 6. The zero-order chi connectivity index (χ0) is 15.4. The summed E-state index contributed by atoms with van der Waals surface area (Å²) in [5.41, 5.74) is 2.20. The van der Waals surface area contributed by atoms with Crippen molar-refractivity contribution in [2.45, 2.75) is 13.1 Å². The number of hydrogen-bond acceptors (Lipinski definition) is 4. The predicted molar refractivity (Wildman–Crippen MR) is 83.9 cm³/mol. The van der Waals surface area contributed by atoms with Crippen LogP contribution in [0, 0.1) is 0 Å². The Bertz CT molecular complexity index is 706. The molecule has 0 aliphatic heterocycles. The molecule has 1 N–H and O–H groups in total. The van der Waals surface area contributed by atoms with Gasteiger partial charge in [0, 0.05) is 31.3 Å². The van der Waals surface area contributed by atoms with Gasteiger partial charge >= 0.3 is 0 Å². The van der Waals surface area contributed by atoms with Crippen LogP contribution in [0.4, 0.5) is 0 Å². The highest BCUT2D eigenvalue weighted by atomic mass is 16.5. The standard InChI is InChI=1S/C16H19N5O/c1-20(12-16-17-7-8-18-16)11-13-10-14(22-2)4-5-15(13)21-9-3-6-19-21/h3-10H,11-12H2,1-2H3,(H,17,18). The fourth-order valence-corrected chi connectivity index (χ4v) is 2.44. The van der Waals surface area contributed by atoms with Gasteiger partial charge in [-0.15, -0.1) is 0 Å². The maximum Gasteiger partial charge on any atom is 0.120 e. The van der Waals surface area contributed by atoms with Crippen molar-refractivity contribution in [2.75, 3.05) is 14.2 Å². The monoisotopic (exact) mass is 297 g/mol. The maximum absolute atomic E-state index is 5.35. The van der Waals surface area contributed by atoms with E-state index in [1.165, 1.54) is 0 Å². The van der Waals surface area contributed by atoms with E-state index in [2.05, 4.69) is 33.1 Å². The number of nitrogens with one attached hydrogen (secondary N) is 1. The van der Waals surface area contributed by atoms with E-state index in [-0.39, 0.29) is 0 Å². The van der Waals surface area contributed by atoms with Crippen LogP contribution in [-0.2, 0) is 13.1 Å². The summed E-state index contributed by atoms with van der Waals surface area (Å²) in [7, 11) is 3.74. The van der Waals surface area contributed by atoms with Crippen molar-refractivity contribution in [1.82, 2.24) is 24.6 Å². The van der Waals surface area contributed by atoms with Crippen molar-refractivity contribution in [3.63, 3.8) is 0 Å². The third kappa shape index (κ3) is 3.17. The first-order valence-corrected chi connectivity index (χ1v) is 7.10. The molecule has 0 amide bonds. The fourth-order valence-electron chi connectivity index (χ4n) is 2.44. The average molecular weight is 297 g/mol. The quantitative estimate of drug-likeness (QED) is 0.758. The Hall–Kier alpha value is -2.60. The third-order valence-electron chi connectivity index (χ3n) is 3.45. The molecule has 6 heteroatoms. The fraction of sp³-hybridized carbons (Fsp3) is 0.250. The summed E-state index contributed by atoms with van der Waals surface area (Å²) in [6, 6.07) is 7.95. The van der Waals surface area contributed by atoms with Gasteiger partial charge in [-0.2, -0.15) is 5.10 Å². The molecule has 0 unspecified atom stereocenters.